The lowest BCUT2D eigenvalue weighted by atomic mass is 10.0. The lowest BCUT2D eigenvalue weighted by Gasteiger charge is -2.24. The van der Waals surface area contributed by atoms with Gasteiger partial charge < -0.3 is 15.5 Å². The van der Waals surface area contributed by atoms with Crippen LogP contribution in [0.3, 0.4) is 0 Å². The number of carbonyl (C=O) groups is 3. The van der Waals surface area contributed by atoms with Crippen LogP contribution in [0.25, 0.3) is 0 Å². The van der Waals surface area contributed by atoms with Gasteiger partial charge in [0.1, 0.15) is 0 Å². The molecule has 24 heavy (non-hydrogen) atoms. The fourth-order valence-corrected chi connectivity index (χ4v) is 2.40. The molecule has 0 saturated carbocycles. The summed E-state index contributed by atoms with van der Waals surface area (Å²) in [4.78, 5) is 37.2. The summed E-state index contributed by atoms with van der Waals surface area (Å²) < 4.78 is 0. The van der Waals surface area contributed by atoms with Gasteiger partial charge in [-0.15, -0.1) is 0 Å². The van der Waals surface area contributed by atoms with E-state index in [4.69, 9.17) is 0 Å². The van der Waals surface area contributed by atoms with Crippen LogP contribution in [0.1, 0.15) is 44.4 Å². The Labute approximate surface area is 143 Å². The Kier molecular flexibility index (Phi) is 7.95. The first-order chi connectivity index (χ1) is 11.4. The molecule has 0 saturated heterocycles. The smallest absolute Gasteiger partial charge is 0.239 e. The van der Waals surface area contributed by atoms with Crippen LogP contribution >= 0.6 is 0 Å². The highest BCUT2D eigenvalue weighted by molar-refractivity contribution is 5.85. The predicted molar refractivity (Wildman–Crippen MR) is 93.3 cm³/mol. The van der Waals surface area contributed by atoms with E-state index in [9.17, 15) is 14.4 Å². The molecule has 6 heteroatoms. The van der Waals surface area contributed by atoms with Gasteiger partial charge >= 0.3 is 0 Å². The normalized spacial score (nSPS) is 11.5. The molecule has 132 valence electrons. The molecule has 3 amide bonds. The van der Waals surface area contributed by atoms with E-state index in [-0.39, 0.29) is 30.7 Å². The molecule has 0 unspecified atom stereocenters. The molecule has 0 aliphatic rings. The van der Waals surface area contributed by atoms with Crippen LogP contribution in [0.2, 0.25) is 0 Å². The van der Waals surface area contributed by atoms with E-state index in [1.165, 1.54) is 11.8 Å². The largest absolute Gasteiger partial charge is 0.355 e. The van der Waals surface area contributed by atoms with Gasteiger partial charge in [-0.3, -0.25) is 14.4 Å². The number of nitrogens with one attached hydrogen (secondary N) is 2. The van der Waals surface area contributed by atoms with Gasteiger partial charge in [0, 0.05) is 20.0 Å². The van der Waals surface area contributed by atoms with E-state index < -0.39 is 6.04 Å². The summed E-state index contributed by atoms with van der Waals surface area (Å²) in [5.74, 6) is -0.539. The van der Waals surface area contributed by atoms with Gasteiger partial charge in [-0.1, -0.05) is 29.8 Å². The molecule has 0 aromatic heterocycles. The highest BCUT2D eigenvalue weighted by atomic mass is 16.2. The summed E-state index contributed by atoms with van der Waals surface area (Å²) in [7, 11) is 0. The molecule has 0 heterocycles. The van der Waals surface area contributed by atoms with Crippen LogP contribution in [-0.4, -0.2) is 42.3 Å². The van der Waals surface area contributed by atoms with Crippen LogP contribution < -0.4 is 10.6 Å². The Morgan fingerprint density at radius 1 is 1.12 bits per heavy atom. The first-order valence-corrected chi connectivity index (χ1v) is 8.25. The third-order valence-electron chi connectivity index (χ3n) is 3.68. The van der Waals surface area contributed by atoms with Gasteiger partial charge in [0.2, 0.25) is 17.7 Å². The fraction of sp³-hybridized carbons (Fsp3) is 0.500. The fourth-order valence-electron chi connectivity index (χ4n) is 2.40. The average Bonchev–Trinajstić information content (AvgIpc) is 2.52. The molecule has 0 aliphatic heterocycles. The number of hydrogen-bond donors (Lipinski definition) is 2. The minimum absolute atomic E-state index is 0.0316. The SMILES string of the molecule is CCNC(=O)CN(CC)C(=O)C[C@@H](NC(C)=O)c1ccc(C)cc1. The van der Waals surface area contributed by atoms with Crippen molar-refractivity contribution in [3.05, 3.63) is 35.4 Å². The molecular weight excluding hydrogens is 306 g/mol. The molecule has 6 nitrogen and oxygen atoms in total. The van der Waals surface area contributed by atoms with Gasteiger partial charge in [0.15, 0.2) is 0 Å². The number of carbonyl (C=O) groups excluding carboxylic acids is 3. The molecule has 0 bridgehead atoms. The Morgan fingerprint density at radius 2 is 1.75 bits per heavy atom. The number of likely N-dealkylation sites (N-methyl/N-ethyl adjacent to an activating group) is 2. The molecule has 0 radical (unpaired) electrons. The number of nitrogens with zero attached hydrogens (tertiary/aromatic N) is 1. The lowest BCUT2D eigenvalue weighted by molar-refractivity contribution is -0.136. The van der Waals surface area contributed by atoms with Gasteiger partial charge in [-0.05, 0) is 26.3 Å². The van der Waals surface area contributed by atoms with Crippen molar-refractivity contribution in [3.63, 3.8) is 0 Å². The monoisotopic (exact) mass is 333 g/mol. The summed E-state index contributed by atoms with van der Waals surface area (Å²) in [6.45, 7) is 8.07. The van der Waals surface area contributed by atoms with Crippen molar-refractivity contribution in [2.75, 3.05) is 19.6 Å². The van der Waals surface area contributed by atoms with Crippen LogP contribution in [0.15, 0.2) is 24.3 Å². The van der Waals surface area contributed by atoms with Crippen molar-refractivity contribution >= 4 is 17.7 Å². The Morgan fingerprint density at radius 3 is 2.25 bits per heavy atom. The molecule has 1 rings (SSSR count). The van der Waals surface area contributed by atoms with Crippen molar-refractivity contribution in [3.8, 4) is 0 Å². The first kappa shape index (κ1) is 19.7. The summed E-state index contributed by atoms with van der Waals surface area (Å²) in [5.41, 5.74) is 1.98. The summed E-state index contributed by atoms with van der Waals surface area (Å²) >= 11 is 0. The van der Waals surface area contributed by atoms with E-state index in [2.05, 4.69) is 10.6 Å². The maximum Gasteiger partial charge on any atom is 0.239 e. The van der Waals surface area contributed by atoms with E-state index in [0.717, 1.165) is 11.1 Å². The zero-order valence-corrected chi connectivity index (χ0v) is 14.9. The van der Waals surface area contributed by atoms with Crippen LogP contribution in [0.4, 0.5) is 0 Å². The van der Waals surface area contributed by atoms with Gasteiger partial charge in [0.25, 0.3) is 0 Å². The number of aryl methyl sites for hydroxylation is 1. The zero-order valence-electron chi connectivity index (χ0n) is 14.9. The van der Waals surface area contributed by atoms with Gasteiger partial charge in [-0.2, -0.15) is 0 Å². The highest BCUT2D eigenvalue weighted by Gasteiger charge is 2.22. The second-order valence-electron chi connectivity index (χ2n) is 5.73. The Balaban J connectivity index is 2.83. The minimum Gasteiger partial charge on any atom is -0.355 e. The number of benzene rings is 1. The quantitative estimate of drug-likeness (QED) is 0.757. The van der Waals surface area contributed by atoms with Crippen molar-refractivity contribution in [1.29, 1.82) is 0 Å². The third-order valence-corrected chi connectivity index (χ3v) is 3.68. The van der Waals surface area contributed by atoms with Gasteiger partial charge in [0.05, 0.1) is 19.0 Å². The number of amides is 3. The second-order valence-corrected chi connectivity index (χ2v) is 5.73. The van der Waals surface area contributed by atoms with Crippen LogP contribution in [0.5, 0.6) is 0 Å². The Bertz CT molecular complexity index is 569. The molecule has 1 aromatic carbocycles. The van der Waals surface area contributed by atoms with E-state index in [1.54, 1.807) is 0 Å². The molecule has 1 aromatic rings. The standard InChI is InChI=1S/C18H27N3O3/c1-5-19-17(23)12-21(6-2)18(24)11-16(20-14(4)22)15-9-7-13(3)8-10-15/h7-10,16H,5-6,11-12H2,1-4H3,(H,19,23)(H,20,22)/t16-/m1/s1. The first-order valence-electron chi connectivity index (χ1n) is 8.25. The maximum atomic E-state index is 12.5. The predicted octanol–water partition coefficient (Wildman–Crippen LogP) is 1.55. The minimum atomic E-state index is -0.404. The second kappa shape index (κ2) is 9.70. The summed E-state index contributed by atoms with van der Waals surface area (Å²) in [5, 5.41) is 5.50. The molecule has 0 spiro atoms. The molecular formula is C18H27N3O3. The summed E-state index contributed by atoms with van der Waals surface area (Å²) in [6, 6.07) is 7.30. The zero-order chi connectivity index (χ0) is 18.1. The molecule has 0 aliphatic carbocycles. The van der Waals surface area contributed by atoms with Crippen molar-refractivity contribution in [1.82, 2.24) is 15.5 Å². The number of hydrogen-bond acceptors (Lipinski definition) is 3. The third kappa shape index (κ3) is 6.40. The molecule has 0 fully saturated rings. The lowest BCUT2D eigenvalue weighted by Crippen LogP contribution is -2.42. The Hall–Kier alpha value is -2.37. The van der Waals surface area contributed by atoms with Gasteiger partial charge in [-0.25, -0.2) is 0 Å². The number of rotatable bonds is 8. The topological polar surface area (TPSA) is 78.5 Å². The van der Waals surface area contributed by atoms with E-state index in [1.807, 2.05) is 45.0 Å². The van der Waals surface area contributed by atoms with Crippen molar-refractivity contribution in [2.45, 2.75) is 40.2 Å². The average molecular weight is 333 g/mol. The molecule has 2 N–H and O–H groups in total. The van der Waals surface area contributed by atoms with Crippen LogP contribution in [-0.2, 0) is 14.4 Å². The van der Waals surface area contributed by atoms with Crippen LogP contribution in [0, 0.1) is 6.92 Å². The maximum absolute atomic E-state index is 12.5. The highest BCUT2D eigenvalue weighted by Crippen LogP contribution is 2.19. The van der Waals surface area contributed by atoms with E-state index >= 15 is 0 Å². The van der Waals surface area contributed by atoms with Crippen molar-refractivity contribution in [2.24, 2.45) is 0 Å². The van der Waals surface area contributed by atoms with Crippen molar-refractivity contribution < 1.29 is 14.4 Å². The molecule has 1 atom stereocenters. The van der Waals surface area contributed by atoms with E-state index in [0.29, 0.717) is 13.1 Å². The summed E-state index contributed by atoms with van der Waals surface area (Å²) in [6.07, 6.45) is 0.121.